The number of nitrogen functional groups attached to an aromatic ring is 1. The smallest absolute Gasteiger partial charge is 0.258 e. The molecule has 0 aliphatic rings. The molecule has 7 heteroatoms. The van der Waals surface area contributed by atoms with Crippen LogP contribution in [-0.2, 0) is 0 Å². The molecule has 0 amide bonds. The Morgan fingerprint density at radius 1 is 1.19 bits per heavy atom. The predicted octanol–water partition coefficient (Wildman–Crippen LogP) is 3.59. The second kappa shape index (κ2) is 5.17. The summed E-state index contributed by atoms with van der Waals surface area (Å²) in [6.07, 6.45) is 0. The van der Waals surface area contributed by atoms with Crippen LogP contribution in [0.25, 0.3) is 22.8 Å². The van der Waals surface area contributed by atoms with Crippen LogP contribution < -0.4 is 5.73 Å². The van der Waals surface area contributed by atoms with Gasteiger partial charge in [0.1, 0.15) is 11.6 Å². The van der Waals surface area contributed by atoms with Gasteiger partial charge in [-0.25, -0.2) is 4.39 Å². The van der Waals surface area contributed by atoms with E-state index in [1.54, 1.807) is 12.1 Å². The molecule has 106 valence electrons. The summed E-state index contributed by atoms with van der Waals surface area (Å²) in [6.45, 7) is 0. The molecular weight excluding hydrogens is 341 g/mol. The third kappa shape index (κ3) is 2.59. The zero-order valence-corrected chi connectivity index (χ0v) is 12.1. The van der Waals surface area contributed by atoms with Crippen LogP contribution >= 0.6 is 15.9 Å². The van der Waals surface area contributed by atoms with Crippen LogP contribution in [0, 0.1) is 5.82 Å². The first-order valence-corrected chi connectivity index (χ1v) is 6.72. The maximum atomic E-state index is 13.1. The Balaban J connectivity index is 2.01. The van der Waals surface area contributed by atoms with Crippen LogP contribution in [0.3, 0.4) is 0 Å². The number of hydrogen-bond acceptors (Lipinski definition) is 5. The highest BCUT2D eigenvalue weighted by atomic mass is 79.9. The van der Waals surface area contributed by atoms with Gasteiger partial charge in [-0.2, -0.15) is 4.98 Å². The van der Waals surface area contributed by atoms with Crippen LogP contribution in [0.15, 0.2) is 45.4 Å². The third-order valence-corrected chi connectivity index (χ3v) is 3.53. The molecule has 0 aliphatic heterocycles. The molecule has 0 saturated carbocycles. The molecule has 21 heavy (non-hydrogen) atoms. The van der Waals surface area contributed by atoms with E-state index in [0.717, 1.165) is 0 Å². The molecule has 0 unspecified atom stereocenters. The fourth-order valence-corrected chi connectivity index (χ4v) is 2.34. The first kappa shape index (κ1) is 13.6. The van der Waals surface area contributed by atoms with E-state index in [4.69, 9.17) is 10.3 Å². The summed E-state index contributed by atoms with van der Waals surface area (Å²) in [5, 5.41) is 13.3. The summed E-state index contributed by atoms with van der Waals surface area (Å²) in [7, 11) is 0. The highest BCUT2D eigenvalue weighted by molar-refractivity contribution is 9.10. The molecule has 3 N–H and O–H groups in total. The van der Waals surface area contributed by atoms with Crippen molar-refractivity contribution in [2.75, 3.05) is 5.73 Å². The lowest BCUT2D eigenvalue weighted by atomic mass is 10.2. The van der Waals surface area contributed by atoms with E-state index in [0.29, 0.717) is 21.4 Å². The van der Waals surface area contributed by atoms with Crippen LogP contribution in [0.1, 0.15) is 0 Å². The van der Waals surface area contributed by atoms with E-state index in [9.17, 15) is 9.50 Å². The van der Waals surface area contributed by atoms with Crippen LogP contribution in [0.4, 0.5) is 10.1 Å². The molecule has 0 bridgehead atoms. The molecule has 3 aromatic rings. The standard InChI is InChI=1S/C14H9BrFN3O2/c15-10-6-8(16)2-3-9(10)13-18-14(21-19-13)7-1-4-12(20)11(17)5-7/h1-6,20H,17H2. The topological polar surface area (TPSA) is 85.2 Å². The predicted molar refractivity (Wildman–Crippen MR) is 78.9 cm³/mol. The fraction of sp³-hybridized carbons (Fsp3) is 0. The molecule has 0 saturated heterocycles. The van der Waals surface area contributed by atoms with Crippen molar-refractivity contribution in [1.29, 1.82) is 0 Å². The number of halogens is 2. The zero-order chi connectivity index (χ0) is 15.0. The van der Waals surface area contributed by atoms with E-state index < -0.39 is 0 Å². The molecule has 1 heterocycles. The van der Waals surface area contributed by atoms with Gasteiger partial charge in [-0.05, 0) is 52.3 Å². The van der Waals surface area contributed by atoms with Crippen LogP contribution in [0.5, 0.6) is 5.75 Å². The molecule has 1 aromatic heterocycles. The Hall–Kier alpha value is -2.41. The quantitative estimate of drug-likeness (QED) is 0.545. The minimum Gasteiger partial charge on any atom is -0.506 e. The lowest BCUT2D eigenvalue weighted by Gasteiger charge is -2.00. The first-order chi connectivity index (χ1) is 10.0. The molecular formula is C14H9BrFN3O2. The SMILES string of the molecule is Nc1cc(-c2nc(-c3ccc(F)cc3Br)no2)ccc1O. The molecule has 0 aliphatic carbocycles. The summed E-state index contributed by atoms with van der Waals surface area (Å²) < 4.78 is 18.8. The van der Waals surface area contributed by atoms with Gasteiger partial charge in [0.15, 0.2) is 0 Å². The van der Waals surface area contributed by atoms with Gasteiger partial charge >= 0.3 is 0 Å². The van der Waals surface area contributed by atoms with Crippen molar-refractivity contribution in [1.82, 2.24) is 10.1 Å². The summed E-state index contributed by atoms with van der Waals surface area (Å²) in [5.41, 5.74) is 7.04. The number of anilines is 1. The number of phenolic OH excluding ortho intramolecular Hbond substituents is 1. The normalized spacial score (nSPS) is 10.8. The van der Waals surface area contributed by atoms with E-state index in [1.165, 1.54) is 24.3 Å². The number of rotatable bonds is 2. The molecule has 0 fully saturated rings. The van der Waals surface area contributed by atoms with Gasteiger partial charge in [0.25, 0.3) is 5.89 Å². The lowest BCUT2D eigenvalue weighted by molar-refractivity contribution is 0.432. The minimum absolute atomic E-state index is 0.0141. The van der Waals surface area contributed by atoms with Crippen LogP contribution in [0.2, 0.25) is 0 Å². The Labute approximate surface area is 127 Å². The Kier molecular flexibility index (Phi) is 3.34. The van der Waals surface area contributed by atoms with Gasteiger partial charge in [0.2, 0.25) is 5.82 Å². The van der Waals surface area contributed by atoms with Crippen molar-refractivity contribution in [3.8, 4) is 28.6 Å². The maximum Gasteiger partial charge on any atom is 0.258 e. The third-order valence-electron chi connectivity index (χ3n) is 2.87. The summed E-state index contributed by atoms with van der Waals surface area (Å²) >= 11 is 3.26. The van der Waals surface area contributed by atoms with Gasteiger partial charge in [0.05, 0.1) is 5.69 Å². The molecule has 5 nitrogen and oxygen atoms in total. The Morgan fingerprint density at radius 2 is 2.00 bits per heavy atom. The van der Waals surface area contributed by atoms with Gasteiger partial charge in [-0.1, -0.05) is 5.16 Å². The number of nitrogens with two attached hydrogens (primary N) is 1. The van der Waals surface area contributed by atoms with Crippen molar-refractivity contribution in [2.24, 2.45) is 0 Å². The van der Waals surface area contributed by atoms with Crippen molar-refractivity contribution < 1.29 is 14.0 Å². The van der Waals surface area contributed by atoms with Gasteiger partial charge < -0.3 is 15.4 Å². The minimum atomic E-state index is -0.361. The summed E-state index contributed by atoms with van der Waals surface area (Å²) in [4.78, 5) is 4.24. The average Bonchev–Trinajstić information content (AvgIpc) is 2.91. The number of benzene rings is 2. The van der Waals surface area contributed by atoms with E-state index in [2.05, 4.69) is 26.1 Å². The Morgan fingerprint density at radius 3 is 2.71 bits per heavy atom. The van der Waals surface area contributed by atoms with E-state index in [1.807, 2.05) is 0 Å². The lowest BCUT2D eigenvalue weighted by Crippen LogP contribution is -1.87. The molecule has 0 spiro atoms. The van der Waals surface area contributed by atoms with Crippen molar-refractivity contribution in [2.45, 2.75) is 0 Å². The number of phenols is 1. The highest BCUT2D eigenvalue weighted by Gasteiger charge is 2.14. The van der Waals surface area contributed by atoms with Crippen LogP contribution in [-0.4, -0.2) is 15.2 Å². The monoisotopic (exact) mass is 349 g/mol. The molecule has 0 radical (unpaired) electrons. The van der Waals surface area contributed by atoms with Gasteiger partial charge in [-0.15, -0.1) is 0 Å². The number of aromatic hydroxyl groups is 1. The fourth-order valence-electron chi connectivity index (χ4n) is 1.81. The second-order valence-electron chi connectivity index (χ2n) is 4.32. The van der Waals surface area contributed by atoms with Crippen molar-refractivity contribution >= 4 is 21.6 Å². The number of nitrogens with zero attached hydrogens (tertiary/aromatic N) is 2. The van der Waals surface area contributed by atoms with E-state index in [-0.39, 0.29) is 23.1 Å². The second-order valence-corrected chi connectivity index (χ2v) is 5.18. The van der Waals surface area contributed by atoms with Gasteiger partial charge in [-0.3, -0.25) is 0 Å². The molecule has 0 atom stereocenters. The highest BCUT2D eigenvalue weighted by Crippen LogP contribution is 2.30. The largest absolute Gasteiger partial charge is 0.506 e. The summed E-state index contributed by atoms with van der Waals surface area (Å²) in [5.74, 6) is 0.205. The average molecular weight is 350 g/mol. The number of aromatic nitrogens is 2. The number of hydrogen-bond donors (Lipinski definition) is 2. The summed E-state index contributed by atoms with van der Waals surface area (Å²) in [6, 6.07) is 8.79. The van der Waals surface area contributed by atoms with Gasteiger partial charge in [0, 0.05) is 15.6 Å². The van der Waals surface area contributed by atoms with Crippen molar-refractivity contribution in [3.63, 3.8) is 0 Å². The van der Waals surface area contributed by atoms with Crippen molar-refractivity contribution in [3.05, 3.63) is 46.7 Å². The maximum absolute atomic E-state index is 13.1. The first-order valence-electron chi connectivity index (χ1n) is 5.92. The molecule has 3 rings (SSSR count). The zero-order valence-electron chi connectivity index (χ0n) is 10.5. The Bertz CT molecular complexity index is 820. The van der Waals surface area contributed by atoms with E-state index >= 15 is 0 Å². The molecule has 2 aromatic carbocycles.